The standard InChI is InChI=1S/C53H35NOS/c1-53(2)45-25-22-37(30-43(45)51-39-11-5-3-9-33(39)17-24-46(51)53)54(38-23-27-47-44(31-38)52-40-12-6-4-10-34(40)18-26-48(52)55-47)36-20-15-32(16-21-36)35-19-28-50-42(29-35)41-13-7-8-14-49(41)56-50/h3-31H,1-2H3. The minimum atomic E-state index is -0.107. The molecule has 2 heterocycles. The Morgan fingerprint density at radius 1 is 0.446 bits per heavy atom. The molecule has 56 heavy (non-hydrogen) atoms. The first kappa shape index (κ1) is 31.6. The molecule has 0 saturated heterocycles. The van der Waals surface area contributed by atoms with Gasteiger partial charge in [0.05, 0.1) is 0 Å². The van der Waals surface area contributed by atoms with Gasteiger partial charge < -0.3 is 9.32 Å². The van der Waals surface area contributed by atoms with Crippen molar-refractivity contribution in [3.05, 3.63) is 187 Å². The fraction of sp³-hybridized carbons (Fsp3) is 0.0566. The van der Waals surface area contributed by atoms with Crippen LogP contribution >= 0.6 is 11.3 Å². The van der Waals surface area contributed by atoms with Crippen LogP contribution in [-0.2, 0) is 5.41 Å². The molecule has 1 aliphatic rings. The van der Waals surface area contributed by atoms with E-state index in [1.54, 1.807) is 0 Å². The second-order valence-electron chi connectivity index (χ2n) is 15.7. The van der Waals surface area contributed by atoms with Gasteiger partial charge in [0.1, 0.15) is 11.2 Å². The first-order valence-corrected chi connectivity index (χ1v) is 20.1. The van der Waals surface area contributed by atoms with Crippen LogP contribution in [0.1, 0.15) is 25.0 Å². The largest absolute Gasteiger partial charge is 0.456 e. The predicted octanol–water partition coefficient (Wildman–Crippen LogP) is 15.7. The Morgan fingerprint density at radius 2 is 1.07 bits per heavy atom. The summed E-state index contributed by atoms with van der Waals surface area (Å²) in [5.41, 5.74) is 12.8. The summed E-state index contributed by atoms with van der Waals surface area (Å²) in [6.07, 6.45) is 0. The third-order valence-electron chi connectivity index (χ3n) is 12.2. The van der Waals surface area contributed by atoms with E-state index in [0.717, 1.165) is 39.0 Å². The van der Waals surface area contributed by atoms with Crippen LogP contribution in [0.25, 0.3) is 85.9 Å². The molecule has 3 heteroatoms. The molecule has 0 N–H and O–H groups in total. The molecule has 0 spiro atoms. The molecule has 0 saturated carbocycles. The second-order valence-corrected chi connectivity index (χ2v) is 16.8. The molecule has 0 atom stereocenters. The first-order chi connectivity index (χ1) is 27.5. The number of furan rings is 1. The smallest absolute Gasteiger partial charge is 0.136 e. The number of hydrogen-bond acceptors (Lipinski definition) is 3. The Labute approximate surface area is 328 Å². The topological polar surface area (TPSA) is 16.4 Å². The number of fused-ring (bicyclic) bond motifs is 13. The molecule has 11 aromatic rings. The summed E-state index contributed by atoms with van der Waals surface area (Å²) in [7, 11) is 0. The fourth-order valence-electron chi connectivity index (χ4n) is 9.48. The zero-order chi connectivity index (χ0) is 37.1. The molecule has 0 radical (unpaired) electrons. The monoisotopic (exact) mass is 733 g/mol. The van der Waals surface area contributed by atoms with Crippen LogP contribution in [0.2, 0.25) is 0 Å². The summed E-state index contributed by atoms with van der Waals surface area (Å²) >= 11 is 1.86. The molecular formula is C53H35NOS. The maximum atomic E-state index is 6.47. The molecule has 9 aromatic carbocycles. The van der Waals surface area contributed by atoms with E-state index in [9.17, 15) is 0 Å². The minimum absolute atomic E-state index is 0.107. The highest BCUT2D eigenvalue weighted by molar-refractivity contribution is 7.25. The normalized spacial score (nSPS) is 13.3. The molecule has 0 amide bonds. The SMILES string of the molecule is CC1(C)c2ccc(N(c3ccc(-c4ccc5sc6ccccc6c5c4)cc3)c3ccc4oc5ccc6ccccc6c5c4c3)cc2-c2c1ccc1ccccc21. The lowest BCUT2D eigenvalue weighted by Gasteiger charge is -2.27. The van der Waals surface area contributed by atoms with Crippen molar-refractivity contribution in [2.24, 2.45) is 0 Å². The lowest BCUT2D eigenvalue weighted by Crippen LogP contribution is -2.15. The van der Waals surface area contributed by atoms with Crippen molar-refractivity contribution < 1.29 is 4.42 Å². The molecule has 0 aliphatic heterocycles. The van der Waals surface area contributed by atoms with Crippen molar-refractivity contribution in [1.29, 1.82) is 0 Å². The maximum Gasteiger partial charge on any atom is 0.136 e. The Balaban J connectivity index is 1.06. The number of nitrogens with zero attached hydrogens (tertiary/aromatic N) is 1. The lowest BCUT2D eigenvalue weighted by atomic mass is 9.82. The molecule has 264 valence electrons. The van der Waals surface area contributed by atoms with Crippen LogP contribution in [0.3, 0.4) is 0 Å². The number of thiophene rings is 1. The van der Waals surface area contributed by atoms with Gasteiger partial charge in [-0.05, 0) is 122 Å². The molecule has 12 rings (SSSR count). The van der Waals surface area contributed by atoms with Crippen molar-refractivity contribution in [1.82, 2.24) is 0 Å². The van der Waals surface area contributed by atoms with Crippen LogP contribution in [0.4, 0.5) is 17.1 Å². The number of hydrogen-bond donors (Lipinski definition) is 0. The summed E-state index contributed by atoms with van der Waals surface area (Å²) in [6.45, 7) is 4.72. The molecule has 2 aromatic heterocycles. The van der Waals surface area contributed by atoms with E-state index in [2.05, 4.69) is 195 Å². The summed E-state index contributed by atoms with van der Waals surface area (Å²) in [5.74, 6) is 0. The van der Waals surface area contributed by atoms with Gasteiger partial charge in [0, 0.05) is 53.4 Å². The number of anilines is 3. The van der Waals surface area contributed by atoms with Gasteiger partial charge in [0.25, 0.3) is 0 Å². The lowest BCUT2D eigenvalue weighted by molar-refractivity contribution is 0.661. The van der Waals surface area contributed by atoms with Gasteiger partial charge >= 0.3 is 0 Å². The van der Waals surface area contributed by atoms with Gasteiger partial charge in [-0.3, -0.25) is 0 Å². The van der Waals surface area contributed by atoms with Crippen molar-refractivity contribution in [3.8, 4) is 22.3 Å². The van der Waals surface area contributed by atoms with Gasteiger partial charge in [-0.2, -0.15) is 0 Å². The van der Waals surface area contributed by atoms with Crippen molar-refractivity contribution in [3.63, 3.8) is 0 Å². The predicted molar refractivity (Wildman–Crippen MR) is 239 cm³/mol. The van der Waals surface area contributed by atoms with Gasteiger partial charge in [-0.1, -0.05) is 123 Å². The zero-order valence-electron chi connectivity index (χ0n) is 31.0. The van der Waals surface area contributed by atoms with E-state index in [4.69, 9.17) is 4.42 Å². The number of benzene rings is 9. The Hall–Kier alpha value is -6.68. The minimum Gasteiger partial charge on any atom is -0.456 e. The Kier molecular flexibility index (Phi) is 6.59. The number of rotatable bonds is 4. The van der Waals surface area contributed by atoms with Crippen molar-refractivity contribution >= 4 is 92.1 Å². The molecule has 2 nitrogen and oxygen atoms in total. The van der Waals surface area contributed by atoms with Gasteiger partial charge in [-0.15, -0.1) is 11.3 Å². The summed E-state index contributed by atoms with van der Waals surface area (Å²) in [6, 6.07) is 64.8. The third kappa shape index (κ3) is 4.55. The average Bonchev–Trinajstić information content (AvgIpc) is 3.88. The van der Waals surface area contributed by atoms with Crippen LogP contribution in [0, 0.1) is 0 Å². The van der Waals surface area contributed by atoms with Crippen LogP contribution in [0.15, 0.2) is 180 Å². The van der Waals surface area contributed by atoms with Crippen LogP contribution in [-0.4, -0.2) is 0 Å². The fourth-order valence-corrected chi connectivity index (χ4v) is 10.6. The highest BCUT2D eigenvalue weighted by atomic mass is 32.1. The van der Waals surface area contributed by atoms with Gasteiger partial charge in [0.15, 0.2) is 0 Å². The molecular weight excluding hydrogens is 699 g/mol. The van der Waals surface area contributed by atoms with E-state index < -0.39 is 0 Å². The quantitative estimate of drug-likeness (QED) is 0.179. The Morgan fingerprint density at radius 3 is 1.93 bits per heavy atom. The summed E-state index contributed by atoms with van der Waals surface area (Å²) in [4.78, 5) is 2.42. The summed E-state index contributed by atoms with van der Waals surface area (Å²) in [5, 5.41) is 9.90. The first-order valence-electron chi connectivity index (χ1n) is 19.3. The average molecular weight is 734 g/mol. The van der Waals surface area contributed by atoms with Crippen LogP contribution in [0.5, 0.6) is 0 Å². The van der Waals surface area contributed by atoms with E-state index >= 15 is 0 Å². The molecule has 1 aliphatic carbocycles. The third-order valence-corrected chi connectivity index (χ3v) is 13.4. The van der Waals surface area contributed by atoms with Gasteiger partial charge in [-0.25, -0.2) is 0 Å². The van der Waals surface area contributed by atoms with Crippen molar-refractivity contribution in [2.45, 2.75) is 19.3 Å². The van der Waals surface area contributed by atoms with E-state index in [1.807, 2.05) is 11.3 Å². The second kappa shape index (κ2) is 11.7. The zero-order valence-corrected chi connectivity index (χ0v) is 31.8. The van der Waals surface area contributed by atoms with Gasteiger partial charge in [0.2, 0.25) is 0 Å². The molecule has 0 unspecified atom stereocenters. The molecule has 0 fully saturated rings. The highest BCUT2D eigenvalue weighted by Crippen LogP contribution is 2.53. The Bertz CT molecular complexity index is 3400. The highest BCUT2D eigenvalue weighted by Gasteiger charge is 2.37. The summed E-state index contributed by atoms with van der Waals surface area (Å²) < 4.78 is 9.12. The van der Waals surface area contributed by atoms with Crippen molar-refractivity contribution in [2.75, 3.05) is 4.90 Å². The molecule has 0 bridgehead atoms. The maximum absolute atomic E-state index is 6.47. The van der Waals surface area contributed by atoms with E-state index in [1.165, 1.54) is 75.1 Å². The van der Waals surface area contributed by atoms with E-state index in [-0.39, 0.29) is 5.41 Å². The van der Waals surface area contributed by atoms with E-state index in [0.29, 0.717) is 0 Å². The van der Waals surface area contributed by atoms with Crippen LogP contribution < -0.4 is 4.90 Å².